The van der Waals surface area contributed by atoms with Crippen LogP contribution in [0, 0.1) is 45.9 Å². The van der Waals surface area contributed by atoms with Crippen molar-refractivity contribution < 1.29 is 140 Å². The van der Waals surface area contributed by atoms with E-state index in [1.54, 1.807) is 136 Å². The minimum absolute atomic E-state index is 0.0878. The van der Waals surface area contributed by atoms with Crippen molar-refractivity contribution in [3.8, 4) is 34.7 Å². The number of anilines is 2. The lowest BCUT2D eigenvalue weighted by molar-refractivity contribution is -0.753. The zero-order valence-electron chi connectivity index (χ0n) is 62.6. The molecular formula is C70H73F4N16O22S5-. The number of esters is 2. The average molecular weight is 1730 g/mol. The molecule has 117 heavy (non-hydrogen) atoms. The van der Waals surface area contributed by atoms with E-state index in [0.29, 0.717) is 43.7 Å². The number of nitrogens with zero attached hydrogens (tertiary/aromatic N) is 14. The van der Waals surface area contributed by atoms with Crippen LogP contribution in [0.2, 0.25) is 0 Å². The Bertz CT molecular complexity index is 4950. The van der Waals surface area contributed by atoms with Gasteiger partial charge in [0.2, 0.25) is 35.5 Å². The van der Waals surface area contributed by atoms with E-state index in [1.165, 1.54) is 103 Å². The van der Waals surface area contributed by atoms with Crippen LogP contribution in [0.25, 0.3) is 22.5 Å². The van der Waals surface area contributed by atoms with Gasteiger partial charge in [0.1, 0.15) is 72.4 Å². The van der Waals surface area contributed by atoms with Crippen LogP contribution in [0.1, 0.15) is 95.4 Å². The fourth-order valence-corrected chi connectivity index (χ4v) is 12.5. The second kappa shape index (κ2) is 44.7. The van der Waals surface area contributed by atoms with Gasteiger partial charge in [0.05, 0.1) is 81.5 Å². The summed E-state index contributed by atoms with van der Waals surface area (Å²) in [4.78, 5) is 70.3. The van der Waals surface area contributed by atoms with Crippen LogP contribution in [-0.4, -0.2) is 150 Å². The molecular weight excluding hydrogens is 1650 g/mol. The quantitative estimate of drug-likeness (QED) is 0.00540. The van der Waals surface area contributed by atoms with Gasteiger partial charge in [-0.15, -0.1) is 32.0 Å². The van der Waals surface area contributed by atoms with Crippen molar-refractivity contribution in [2.45, 2.75) is 89.5 Å². The maximum Gasteiger partial charge on any atom is 0.418 e. The topological polar surface area (TPSA) is 550 Å². The van der Waals surface area contributed by atoms with Crippen LogP contribution in [0.15, 0.2) is 158 Å². The van der Waals surface area contributed by atoms with Gasteiger partial charge in [0.25, 0.3) is 12.7 Å². The molecule has 0 aliphatic rings. The molecule has 0 fully saturated rings. The fraction of sp³-hybridized carbons (Fsp3) is 0.286. The zero-order valence-corrected chi connectivity index (χ0v) is 66.7. The molecule has 47 heteroatoms. The van der Waals surface area contributed by atoms with Gasteiger partial charge < -0.3 is 72.6 Å². The Morgan fingerprint density at radius 3 is 1.28 bits per heavy atom. The monoisotopic (exact) mass is 1730 g/mol. The van der Waals surface area contributed by atoms with Gasteiger partial charge in [-0.25, -0.2) is 73.5 Å². The number of aliphatic hydroxyl groups is 2. The molecule has 0 aliphatic carbocycles. The lowest BCUT2D eigenvalue weighted by Gasteiger charge is -2.32. The molecule has 2 amide bonds. The van der Waals surface area contributed by atoms with Crippen molar-refractivity contribution in [2.75, 3.05) is 51.1 Å². The highest BCUT2D eigenvalue weighted by Gasteiger charge is 2.46. The van der Waals surface area contributed by atoms with Crippen molar-refractivity contribution in [1.29, 1.82) is 10.5 Å². The van der Waals surface area contributed by atoms with Gasteiger partial charge in [0.15, 0.2) is 13.1 Å². The number of ether oxygens (including phenoxy) is 4. The van der Waals surface area contributed by atoms with Crippen LogP contribution < -0.4 is 40.1 Å². The number of nitriles is 2. The summed E-state index contributed by atoms with van der Waals surface area (Å²) in [6.45, 7) is 6.01. The summed E-state index contributed by atoms with van der Waals surface area (Å²) in [7, 11) is 1.51. The fourth-order valence-electron chi connectivity index (χ4n) is 10.6. The Hall–Kier alpha value is -11.3. The lowest BCUT2D eigenvalue weighted by atomic mass is 9.82. The van der Waals surface area contributed by atoms with E-state index in [9.17, 15) is 38.2 Å². The first-order valence-electron chi connectivity index (χ1n) is 33.7. The van der Waals surface area contributed by atoms with Crippen molar-refractivity contribution in [3.63, 3.8) is 0 Å². The summed E-state index contributed by atoms with van der Waals surface area (Å²) >= 11 is -3.26. The lowest BCUT2D eigenvalue weighted by Crippen LogP contribution is -2.81. The summed E-state index contributed by atoms with van der Waals surface area (Å²) < 4.78 is 160. The summed E-state index contributed by atoms with van der Waals surface area (Å²) in [5.41, 5.74) is 0.0431. The molecule has 6 aromatic heterocycles. The van der Waals surface area contributed by atoms with Crippen LogP contribution in [0.5, 0.6) is 0 Å². The highest BCUT2D eigenvalue weighted by atomic mass is 32.3. The second-order valence-corrected chi connectivity index (χ2v) is 28.1. The molecule has 10 rings (SSSR count). The summed E-state index contributed by atoms with van der Waals surface area (Å²) in [6.07, 6.45) is 5.34. The Labute approximate surface area is 677 Å². The minimum Gasteiger partial charge on any atom is -0.750 e. The molecule has 38 nitrogen and oxygen atoms in total. The highest BCUT2D eigenvalue weighted by molar-refractivity contribution is 7.79. The number of pyridine rings is 2. The number of rotatable bonds is 28. The average Bonchev–Trinajstić information content (AvgIpc) is 1.67. The smallest absolute Gasteiger partial charge is 0.418 e. The first kappa shape index (κ1) is 94.5. The number of carbonyl (C=O) groups excluding carboxylic acids is 4. The molecule has 0 saturated carbocycles. The highest BCUT2D eigenvalue weighted by Crippen LogP contribution is 2.44. The standard InChI is InChI=1S/2C35H35F2N8O5S.3H2O4S/c2*1-22(33-42-30(18-51-33)25-9-7-24(15-38)8-10-25)35(48,28-14-27(36)11-12-29(28)37)19-45-21-44(20-41-45)23(2)50-34(47)43(4)32-26(6-5-13-40-32)17-49-31(46)16-39-3;1-5(2,3)4;2*1-4-5(2)3/h2*5-14,18,20-23,39,48H,16-17,19H2,1-4H3;(H2,1,2,3,4);2*1H,(H,2,3)/q2*+1;;;/p-3/t2*22-,23?,35+;;;/m00.../s1. The third-order valence-electron chi connectivity index (χ3n) is 16.6. The predicted octanol–water partition coefficient (Wildman–Crippen LogP) is 2.27. The van der Waals surface area contributed by atoms with E-state index in [1.807, 2.05) is 0 Å². The van der Waals surface area contributed by atoms with Crippen LogP contribution in [-0.2, 0) is 108 Å². The Balaban J connectivity index is 0.000000309. The van der Waals surface area contributed by atoms with Crippen LogP contribution >= 0.6 is 22.7 Å². The number of aromatic nitrogens is 10. The van der Waals surface area contributed by atoms with Crippen molar-refractivity contribution in [1.82, 2.24) is 39.5 Å². The number of hydrogen-bond acceptors (Lipinski definition) is 31. The molecule has 0 saturated heterocycles. The minimum atomic E-state index is -4.92. The number of quaternary nitrogens is 2. The van der Waals surface area contributed by atoms with Gasteiger partial charge in [-0.2, -0.15) is 19.7 Å². The van der Waals surface area contributed by atoms with Crippen molar-refractivity contribution >= 4 is 91.6 Å². The molecule has 4 aromatic carbocycles. The maximum absolute atomic E-state index is 15.3. The van der Waals surface area contributed by atoms with E-state index in [0.717, 1.165) is 47.5 Å². The van der Waals surface area contributed by atoms with Gasteiger partial charge >= 0.3 is 24.1 Å². The SMILES string of the molecule is C[NH2+]CC(=O)OCc1cccnc1N(C)C(=O)OC(C)[n+]1cnn(C[C@](O)(c2cc(F)ccc2F)[C@@H](C)c2nc(-c3ccc(C#N)cc3)cs2)c1.C[NH2+]CC(=O)OCc1cccnc1N(C)C(=O)OC(C)[n+]1cnn(C[C@](O)(c2cc(F)ccc2F)[C@@H](C)c2nc(-c3ccc(C#N)cc3)cs2)c1.O=S(=O)([O-])O.O=S([O-])O[O-].O=S([O-])O[O-]. The molecule has 0 radical (unpaired) electrons. The van der Waals surface area contributed by atoms with E-state index >= 15 is 8.78 Å². The Morgan fingerprint density at radius 2 is 0.966 bits per heavy atom. The number of likely N-dealkylation sites (N-methyl/N-ethyl adjacent to an activating group) is 2. The zero-order chi connectivity index (χ0) is 86.5. The molecule has 8 atom stereocenters. The van der Waals surface area contributed by atoms with Gasteiger partial charge in [-0.1, -0.05) is 50.2 Å². The summed E-state index contributed by atoms with van der Waals surface area (Å²) in [5.74, 6) is -5.14. The van der Waals surface area contributed by atoms with Crippen molar-refractivity contribution in [2.24, 2.45) is 0 Å². The molecule has 7 N–H and O–H groups in total. The van der Waals surface area contributed by atoms with E-state index in [4.69, 9.17) is 85.0 Å². The Kier molecular flexibility index (Phi) is 36.1. The number of benzene rings is 4. The van der Waals surface area contributed by atoms with Crippen LogP contribution in [0.3, 0.4) is 0 Å². The first-order valence-corrected chi connectivity index (χ1v) is 38.8. The number of carbonyl (C=O) groups is 4. The normalized spacial score (nSPS) is 13.5. The number of thiazole rings is 2. The van der Waals surface area contributed by atoms with Gasteiger partial charge in [-0.05, 0) is 72.8 Å². The molecule has 4 unspecified atom stereocenters. The number of halogens is 4. The van der Waals surface area contributed by atoms with E-state index < -0.39 is 116 Å². The predicted molar refractivity (Wildman–Crippen MR) is 392 cm³/mol. The number of nitrogens with two attached hydrogens (primary N) is 2. The number of amides is 2. The third-order valence-corrected chi connectivity index (χ3v) is 18.8. The summed E-state index contributed by atoms with van der Waals surface area (Å²) in [6, 6.07) is 30.3. The maximum atomic E-state index is 15.3. The molecule has 10 aromatic rings. The summed E-state index contributed by atoms with van der Waals surface area (Å²) in [5, 5.41) is 76.3. The second-order valence-electron chi connectivity index (χ2n) is 24.4. The van der Waals surface area contributed by atoms with Crippen molar-refractivity contribution in [3.05, 3.63) is 224 Å². The van der Waals surface area contributed by atoms with Crippen LogP contribution in [0.4, 0.5) is 38.8 Å². The van der Waals surface area contributed by atoms with E-state index in [-0.39, 0.29) is 62.2 Å². The largest absolute Gasteiger partial charge is 0.750 e. The molecule has 6 heterocycles. The first-order chi connectivity index (χ1) is 55.4. The van der Waals surface area contributed by atoms with E-state index in [2.05, 4.69) is 41.0 Å². The molecule has 0 bridgehead atoms. The number of hydrogen-bond donors (Lipinski definition) is 5. The molecule has 0 spiro atoms. The van der Waals surface area contributed by atoms with Gasteiger partial charge in [0, 0.05) is 107 Å². The molecule has 624 valence electrons. The molecule has 0 aliphatic heterocycles. The van der Waals surface area contributed by atoms with Gasteiger partial charge in [-0.3, -0.25) is 14.4 Å². The third kappa shape index (κ3) is 28.0. The Morgan fingerprint density at radius 1 is 0.624 bits per heavy atom.